The monoisotopic (exact) mass is 283 g/mol. The van der Waals surface area contributed by atoms with Crippen LogP contribution in [0.2, 0.25) is 0 Å². The zero-order valence-corrected chi connectivity index (χ0v) is 12.3. The number of para-hydroxylation sites is 1. The molecule has 0 atom stereocenters. The highest BCUT2D eigenvalue weighted by molar-refractivity contribution is 7.91. The van der Waals surface area contributed by atoms with Crippen LogP contribution in [-0.4, -0.2) is 38.0 Å². The van der Waals surface area contributed by atoms with Crippen LogP contribution in [-0.2, 0) is 9.84 Å². The number of hydrogen-bond donors (Lipinski definition) is 1. The standard InChI is InChI=1S/C14H21NO3S/c1-3-19(17,18)13-7-5-4-6-12(13)15-10-8-14(2,16)9-11-15/h4-7,16H,3,8-11H2,1-2H3. The van der Waals surface area contributed by atoms with Crippen LogP contribution in [0.5, 0.6) is 0 Å². The molecule has 2 rings (SSSR count). The van der Waals surface area contributed by atoms with E-state index in [-0.39, 0.29) is 5.75 Å². The van der Waals surface area contributed by atoms with Crippen molar-refractivity contribution in [2.45, 2.75) is 37.2 Å². The maximum atomic E-state index is 12.1. The zero-order valence-electron chi connectivity index (χ0n) is 11.5. The molecule has 0 aliphatic carbocycles. The van der Waals surface area contributed by atoms with Crippen LogP contribution in [0.15, 0.2) is 29.2 Å². The Bertz CT molecular complexity index is 542. The lowest BCUT2D eigenvalue weighted by Gasteiger charge is -2.37. The van der Waals surface area contributed by atoms with Crippen molar-refractivity contribution in [3.8, 4) is 0 Å². The van der Waals surface area contributed by atoms with Crippen LogP contribution >= 0.6 is 0 Å². The third-order valence-electron chi connectivity index (χ3n) is 3.76. The molecule has 0 amide bonds. The summed E-state index contributed by atoms with van der Waals surface area (Å²) in [6, 6.07) is 7.13. The van der Waals surface area contributed by atoms with E-state index in [0.717, 1.165) is 5.69 Å². The predicted molar refractivity (Wildman–Crippen MR) is 76.2 cm³/mol. The first-order valence-corrected chi connectivity index (χ1v) is 8.30. The molecule has 1 fully saturated rings. The molecule has 1 aromatic carbocycles. The normalized spacial score (nSPS) is 19.4. The van der Waals surface area contributed by atoms with Gasteiger partial charge >= 0.3 is 0 Å². The second-order valence-electron chi connectivity index (χ2n) is 5.36. The van der Waals surface area contributed by atoms with E-state index in [2.05, 4.69) is 4.90 Å². The van der Waals surface area contributed by atoms with Crippen LogP contribution in [0, 0.1) is 0 Å². The molecule has 1 saturated heterocycles. The lowest BCUT2D eigenvalue weighted by molar-refractivity contribution is 0.0350. The first kappa shape index (κ1) is 14.3. The van der Waals surface area contributed by atoms with E-state index >= 15 is 0 Å². The van der Waals surface area contributed by atoms with Gasteiger partial charge in [-0.1, -0.05) is 19.1 Å². The molecule has 0 bridgehead atoms. The molecule has 19 heavy (non-hydrogen) atoms. The highest BCUT2D eigenvalue weighted by Gasteiger charge is 2.29. The Morgan fingerprint density at radius 2 is 1.84 bits per heavy atom. The molecule has 1 aromatic rings. The minimum Gasteiger partial charge on any atom is -0.390 e. The molecular formula is C14H21NO3S. The molecule has 0 saturated carbocycles. The van der Waals surface area contributed by atoms with Crippen molar-refractivity contribution in [3.05, 3.63) is 24.3 Å². The highest BCUT2D eigenvalue weighted by atomic mass is 32.2. The fraction of sp³-hybridized carbons (Fsp3) is 0.571. The lowest BCUT2D eigenvalue weighted by atomic mass is 9.93. The summed E-state index contributed by atoms with van der Waals surface area (Å²) in [4.78, 5) is 2.46. The topological polar surface area (TPSA) is 57.6 Å². The predicted octanol–water partition coefficient (Wildman–Crippen LogP) is 1.83. The Morgan fingerprint density at radius 1 is 1.26 bits per heavy atom. The van der Waals surface area contributed by atoms with Crippen molar-refractivity contribution in [2.24, 2.45) is 0 Å². The first-order valence-electron chi connectivity index (χ1n) is 6.65. The third kappa shape index (κ3) is 3.09. The number of piperidine rings is 1. The summed E-state index contributed by atoms with van der Waals surface area (Å²) in [7, 11) is -3.21. The Hall–Kier alpha value is -1.07. The van der Waals surface area contributed by atoms with Crippen molar-refractivity contribution >= 4 is 15.5 Å². The van der Waals surface area contributed by atoms with Crippen molar-refractivity contribution in [1.29, 1.82) is 0 Å². The van der Waals surface area contributed by atoms with E-state index in [9.17, 15) is 13.5 Å². The SMILES string of the molecule is CCS(=O)(=O)c1ccccc1N1CCC(C)(O)CC1. The van der Waals surface area contributed by atoms with E-state index < -0.39 is 15.4 Å². The minimum atomic E-state index is -3.21. The summed E-state index contributed by atoms with van der Waals surface area (Å²) in [5.41, 5.74) is 0.134. The van der Waals surface area contributed by atoms with Gasteiger partial charge in [0.2, 0.25) is 0 Å². The molecule has 1 heterocycles. The van der Waals surface area contributed by atoms with Gasteiger partial charge in [0.25, 0.3) is 0 Å². The zero-order chi connectivity index (χ0) is 14.1. The molecule has 0 spiro atoms. The van der Waals surface area contributed by atoms with Gasteiger partial charge in [-0.05, 0) is 31.9 Å². The molecule has 0 aromatic heterocycles. The van der Waals surface area contributed by atoms with Crippen LogP contribution < -0.4 is 4.90 Å². The van der Waals surface area contributed by atoms with Gasteiger partial charge in [-0.3, -0.25) is 0 Å². The largest absolute Gasteiger partial charge is 0.390 e. The van der Waals surface area contributed by atoms with Gasteiger partial charge in [-0.2, -0.15) is 0 Å². The van der Waals surface area contributed by atoms with Gasteiger partial charge in [0.1, 0.15) is 0 Å². The molecule has 106 valence electrons. The number of hydrogen-bond acceptors (Lipinski definition) is 4. The average Bonchev–Trinajstić information content (AvgIpc) is 2.39. The fourth-order valence-corrected chi connectivity index (χ4v) is 3.48. The second-order valence-corrected chi connectivity index (χ2v) is 7.60. The van der Waals surface area contributed by atoms with Gasteiger partial charge in [0, 0.05) is 13.1 Å². The Balaban J connectivity index is 2.32. The van der Waals surface area contributed by atoms with Crippen LogP contribution in [0.25, 0.3) is 0 Å². The van der Waals surface area contributed by atoms with E-state index in [0.29, 0.717) is 30.8 Å². The van der Waals surface area contributed by atoms with Gasteiger partial charge in [0.15, 0.2) is 9.84 Å². The van der Waals surface area contributed by atoms with E-state index in [1.165, 1.54) is 0 Å². The average molecular weight is 283 g/mol. The van der Waals surface area contributed by atoms with Gasteiger partial charge in [-0.15, -0.1) is 0 Å². The van der Waals surface area contributed by atoms with Gasteiger partial charge in [-0.25, -0.2) is 8.42 Å². The maximum absolute atomic E-state index is 12.1. The van der Waals surface area contributed by atoms with Gasteiger partial charge < -0.3 is 10.0 Å². The van der Waals surface area contributed by atoms with Crippen molar-refractivity contribution in [1.82, 2.24) is 0 Å². The fourth-order valence-electron chi connectivity index (χ4n) is 2.37. The number of aliphatic hydroxyl groups is 1. The summed E-state index contributed by atoms with van der Waals surface area (Å²) in [6.45, 7) is 4.86. The first-order chi connectivity index (χ1) is 8.86. The van der Waals surface area contributed by atoms with E-state index in [1.54, 1.807) is 19.1 Å². The summed E-state index contributed by atoms with van der Waals surface area (Å²) in [5, 5.41) is 9.97. The summed E-state index contributed by atoms with van der Waals surface area (Å²) in [6.07, 6.45) is 1.32. The molecule has 1 N–H and O–H groups in total. The van der Waals surface area contributed by atoms with Crippen molar-refractivity contribution in [2.75, 3.05) is 23.7 Å². The van der Waals surface area contributed by atoms with Gasteiger partial charge in [0.05, 0.1) is 21.9 Å². The maximum Gasteiger partial charge on any atom is 0.180 e. The highest BCUT2D eigenvalue weighted by Crippen LogP contribution is 2.30. The van der Waals surface area contributed by atoms with Crippen LogP contribution in [0.1, 0.15) is 26.7 Å². The molecule has 4 nitrogen and oxygen atoms in total. The minimum absolute atomic E-state index is 0.107. The summed E-state index contributed by atoms with van der Waals surface area (Å²) >= 11 is 0. The van der Waals surface area contributed by atoms with E-state index in [1.807, 2.05) is 19.1 Å². The smallest absolute Gasteiger partial charge is 0.180 e. The lowest BCUT2D eigenvalue weighted by Crippen LogP contribution is -2.42. The summed E-state index contributed by atoms with van der Waals surface area (Å²) in [5.74, 6) is 0.107. The Morgan fingerprint density at radius 3 is 2.42 bits per heavy atom. The van der Waals surface area contributed by atoms with Crippen molar-refractivity contribution < 1.29 is 13.5 Å². The summed E-state index contributed by atoms with van der Waals surface area (Å²) < 4.78 is 24.2. The number of nitrogens with zero attached hydrogens (tertiary/aromatic N) is 1. The quantitative estimate of drug-likeness (QED) is 0.919. The number of rotatable bonds is 3. The third-order valence-corrected chi connectivity index (χ3v) is 5.54. The second kappa shape index (κ2) is 5.13. The molecular weight excluding hydrogens is 262 g/mol. The Kier molecular flexibility index (Phi) is 3.87. The molecule has 0 radical (unpaired) electrons. The molecule has 0 unspecified atom stereocenters. The number of benzene rings is 1. The van der Waals surface area contributed by atoms with Crippen LogP contribution in [0.4, 0.5) is 5.69 Å². The van der Waals surface area contributed by atoms with Crippen LogP contribution in [0.3, 0.4) is 0 Å². The van der Waals surface area contributed by atoms with E-state index in [4.69, 9.17) is 0 Å². The van der Waals surface area contributed by atoms with Crippen molar-refractivity contribution in [3.63, 3.8) is 0 Å². The number of sulfone groups is 1. The number of anilines is 1. The molecule has 1 aliphatic rings. The molecule has 5 heteroatoms. The molecule has 1 aliphatic heterocycles. The Labute approximate surface area is 115 Å².